The van der Waals surface area contributed by atoms with Gasteiger partial charge in [0.15, 0.2) is 0 Å². The molecule has 0 N–H and O–H groups in total. The van der Waals surface area contributed by atoms with E-state index >= 15 is 0 Å². The lowest BCUT2D eigenvalue weighted by atomic mass is 9.87. The third-order valence-corrected chi connectivity index (χ3v) is 5.93. The fourth-order valence-corrected chi connectivity index (χ4v) is 4.12. The number of rotatable bonds is 6. The van der Waals surface area contributed by atoms with Crippen LogP contribution in [0, 0.1) is 0 Å². The predicted octanol–water partition coefficient (Wildman–Crippen LogP) is 5.12. The van der Waals surface area contributed by atoms with Crippen molar-refractivity contribution in [3.63, 3.8) is 0 Å². The molecule has 1 saturated heterocycles. The molecule has 0 atom stereocenters. The first-order chi connectivity index (χ1) is 14.6. The number of likely N-dealkylation sites (tertiary alicyclic amines) is 1. The van der Waals surface area contributed by atoms with Crippen molar-refractivity contribution >= 4 is 5.91 Å². The van der Waals surface area contributed by atoms with E-state index in [1.54, 1.807) is 0 Å². The summed E-state index contributed by atoms with van der Waals surface area (Å²) in [5.41, 5.74) is 2.36. The van der Waals surface area contributed by atoms with Gasteiger partial charge in [0.2, 0.25) is 17.7 Å². The minimum Gasteiger partial charge on any atom is -0.425 e. The van der Waals surface area contributed by atoms with Crippen LogP contribution in [0.4, 0.5) is 0 Å². The second-order valence-corrected chi connectivity index (χ2v) is 8.37. The molecule has 3 aromatic rings. The molecule has 30 heavy (non-hydrogen) atoms. The van der Waals surface area contributed by atoms with E-state index in [-0.39, 0.29) is 23.7 Å². The van der Waals surface area contributed by atoms with Gasteiger partial charge in [-0.15, -0.1) is 10.2 Å². The number of benzene rings is 2. The van der Waals surface area contributed by atoms with E-state index in [4.69, 9.17) is 4.42 Å². The fraction of sp³-hybridized carbons (Fsp3) is 0.400. The largest absolute Gasteiger partial charge is 0.425 e. The van der Waals surface area contributed by atoms with Gasteiger partial charge in [-0.3, -0.25) is 4.79 Å². The zero-order chi connectivity index (χ0) is 20.9. The molecule has 1 aliphatic heterocycles. The van der Waals surface area contributed by atoms with Crippen molar-refractivity contribution in [1.82, 2.24) is 15.1 Å². The predicted molar refractivity (Wildman–Crippen MR) is 116 cm³/mol. The molecule has 1 amide bonds. The number of nitrogens with zero attached hydrogens (tertiary/aromatic N) is 3. The van der Waals surface area contributed by atoms with Crippen LogP contribution in [-0.2, 0) is 4.79 Å². The summed E-state index contributed by atoms with van der Waals surface area (Å²) in [4.78, 5) is 15.2. The summed E-state index contributed by atoms with van der Waals surface area (Å²) in [5, 5.41) is 8.39. The molecule has 0 spiro atoms. The topological polar surface area (TPSA) is 59.2 Å². The molecule has 5 heteroatoms. The lowest BCUT2D eigenvalue weighted by Crippen LogP contribution is -2.38. The standard InChI is InChI=1S/C25H29N3O2/c1-18(2)24-26-27-25(30-24)21-13-15-28(16-14-21)23(29)17-22(19-9-5-3-6-10-19)20-11-7-4-8-12-20/h3-12,18,21-22H,13-17H2,1-2H3. The zero-order valence-electron chi connectivity index (χ0n) is 17.7. The summed E-state index contributed by atoms with van der Waals surface area (Å²) >= 11 is 0. The maximum Gasteiger partial charge on any atom is 0.223 e. The average molecular weight is 404 g/mol. The van der Waals surface area contributed by atoms with Crippen LogP contribution in [-0.4, -0.2) is 34.1 Å². The van der Waals surface area contributed by atoms with E-state index in [1.165, 1.54) is 11.1 Å². The summed E-state index contributed by atoms with van der Waals surface area (Å²) < 4.78 is 5.83. The van der Waals surface area contributed by atoms with Crippen molar-refractivity contribution in [2.45, 2.75) is 50.9 Å². The number of hydrogen-bond acceptors (Lipinski definition) is 4. The monoisotopic (exact) mass is 403 g/mol. The van der Waals surface area contributed by atoms with E-state index in [9.17, 15) is 4.79 Å². The van der Waals surface area contributed by atoms with Crippen molar-refractivity contribution in [1.29, 1.82) is 0 Å². The van der Waals surface area contributed by atoms with Gasteiger partial charge in [-0.2, -0.15) is 0 Å². The van der Waals surface area contributed by atoms with Crippen LogP contribution < -0.4 is 0 Å². The van der Waals surface area contributed by atoms with Crippen LogP contribution in [0.1, 0.15) is 73.8 Å². The molecule has 2 heterocycles. The summed E-state index contributed by atoms with van der Waals surface area (Å²) in [6.07, 6.45) is 2.22. The molecular weight excluding hydrogens is 374 g/mol. The van der Waals surface area contributed by atoms with Gasteiger partial charge in [0.1, 0.15) is 0 Å². The van der Waals surface area contributed by atoms with E-state index in [0.29, 0.717) is 12.3 Å². The number of amides is 1. The Kier molecular flexibility index (Phi) is 6.26. The molecule has 156 valence electrons. The van der Waals surface area contributed by atoms with Gasteiger partial charge in [-0.05, 0) is 24.0 Å². The molecule has 0 aliphatic carbocycles. The Morgan fingerprint density at radius 3 is 2.03 bits per heavy atom. The highest BCUT2D eigenvalue weighted by atomic mass is 16.4. The molecular formula is C25H29N3O2. The van der Waals surface area contributed by atoms with Crippen molar-refractivity contribution in [3.05, 3.63) is 83.6 Å². The number of carbonyl (C=O) groups excluding carboxylic acids is 1. The summed E-state index contributed by atoms with van der Waals surface area (Å²) in [6, 6.07) is 20.6. The van der Waals surface area contributed by atoms with Crippen molar-refractivity contribution in [2.75, 3.05) is 13.1 Å². The first kappa shape index (κ1) is 20.3. The quantitative estimate of drug-likeness (QED) is 0.573. The summed E-state index contributed by atoms with van der Waals surface area (Å²) in [6.45, 7) is 5.57. The van der Waals surface area contributed by atoms with Gasteiger partial charge in [0, 0.05) is 37.3 Å². The van der Waals surface area contributed by atoms with E-state index in [0.717, 1.165) is 31.8 Å². The number of piperidine rings is 1. The third kappa shape index (κ3) is 4.61. The van der Waals surface area contributed by atoms with Crippen LogP contribution in [0.3, 0.4) is 0 Å². The Morgan fingerprint density at radius 2 is 1.53 bits per heavy atom. The SMILES string of the molecule is CC(C)c1nnc(C2CCN(C(=O)CC(c3ccccc3)c3ccccc3)CC2)o1. The maximum absolute atomic E-state index is 13.2. The summed E-state index contributed by atoms with van der Waals surface area (Å²) in [7, 11) is 0. The molecule has 4 rings (SSSR count). The zero-order valence-corrected chi connectivity index (χ0v) is 17.7. The lowest BCUT2D eigenvalue weighted by Gasteiger charge is -2.32. The maximum atomic E-state index is 13.2. The van der Waals surface area contributed by atoms with Crippen LogP contribution in [0.25, 0.3) is 0 Å². The molecule has 1 aromatic heterocycles. The minimum absolute atomic E-state index is 0.0714. The minimum atomic E-state index is 0.0714. The second-order valence-electron chi connectivity index (χ2n) is 8.37. The smallest absolute Gasteiger partial charge is 0.223 e. The van der Waals surface area contributed by atoms with E-state index < -0.39 is 0 Å². The van der Waals surface area contributed by atoms with Crippen LogP contribution in [0.2, 0.25) is 0 Å². The molecule has 0 bridgehead atoms. The Balaban J connectivity index is 1.41. The normalized spacial score (nSPS) is 15.1. The highest BCUT2D eigenvalue weighted by Crippen LogP contribution is 2.32. The highest BCUT2D eigenvalue weighted by molar-refractivity contribution is 5.78. The fourth-order valence-electron chi connectivity index (χ4n) is 4.12. The van der Waals surface area contributed by atoms with Crippen molar-refractivity contribution < 1.29 is 9.21 Å². The van der Waals surface area contributed by atoms with Crippen molar-refractivity contribution in [2.24, 2.45) is 0 Å². The van der Waals surface area contributed by atoms with E-state index in [2.05, 4.69) is 48.3 Å². The first-order valence-corrected chi connectivity index (χ1v) is 10.8. The molecule has 5 nitrogen and oxygen atoms in total. The first-order valence-electron chi connectivity index (χ1n) is 10.8. The van der Waals surface area contributed by atoms with Gasteiger partial charge in [-0.1, -0.05) is 74.5 Å². The van der Waals surface area contributed by atoms with Gasteiger partial charge in [0.25, 0.3) is 0 Å². The van der Waals surface area contributed by atoms with Gasteiger partial charge in [-0.25, -0.2) is 0 Å². The highest BCUT2D eigenvalue weighted by Gasteiger charge is 2.29. The van der Waals surface area contributed by atoms with Gasteiger partial charge < -0.3 is 9.32 Å². The molecule has 0 unspecified atom stereocenters. The molecule has 2 aromatic carbocycles. The molecule has 1 aliphatic rings. The number of aromatic nitrogens is 2. The Hall–Kier alpha value is -2.95. The third-order valence-electron chi connectivity index (χ3n) is 5.93. The van der Waals surface area contributed by atoms with Crippen molar-refractivity contribution in [3.8, 4) is 0 Å². The van der Waals surface area contributed by atoms with Crippen LogP contribution in [0.15, 0.2) is 65.1 Å². The molecule has 0 saturated carbocycles. The average Bonchev–Trinajstić information content (AvgIpc) is 3.29. The van der Waals surface area contributed by atoms with E-state index in [1.807, 2.05) is 41.3 Å². The Bertz CT molecular complexity index is 905. The van der Waals surface area contributed by atoms with Crippen LogP contribution >= 0.6 is 0 Å². The number of carbonyl (C=O) groups is 1. The molecule has 1 fully saturated rings. The summed E-state index contributed by atoms with van der Waals surface area (Å²) in [5.74, 6) is 2.17. The lowest BCUT2D eigenvalue weighted by molar-refractivity contribution is -0.132. The van der Waals surface area contributed by atoms with Gasteiger partial charge in [0.05, 0.1) is 0 Å². The van der Waals surface area contributed by atoms with Gasteiger partial charge >= 0.3 is 0 Å². The second kappa shape index (κ2) is 9.24. The Morgan fingerprint density at radius 1 is 0.967 bits per heavy atom. The van der Waals surface area contributed by atoms with Crippen LogP contribution in [0.5, 0.6) is 0 Å². The Labute approximate surface area is 178 Å². The number of hydrogen-bond donors (Lipinski definition) is 0. The molecule has 0 radical (unpaired) electrons.